The number of nitriles is 1. The van der Waals surface area contributed by atoms with E-state index in [4.69, 9.17) is 0 Å². The summed E-state index contributed by atoms with van der Waals surface area (Å²) in [7, 11) is 0. The first-order valence-corrected chi connectivity index (χ1v) is 6.02. The van der Waals surface area contributed by atoms with Gasteiger partial charge in [-0.05, 0) is 44.4 Å². The molecule has 1 fully saturated rings. The van der Waals surface area contributed by atoms with Crippen LogP contribution in [0.25, 0.3) is 0 Å². The number of hydrogen-bond acceptors (Lipinski definition) is 2. The van der Waals surface area contributed by atoms with Crippen molar-refractivity contribution in [1.82, 2.24) is 0 Å². The molecule has 1 N–H and O–H groups in total. The summed E-state index contributed by atoms with van der Waals surface area (Å²) in [5.74, 6) is 1.19. The molecule has 1 aliphatic rings. The van der Waals surface area contributed by atoms with E-state index in [1.54, 1.807) is 0 Å². The van der Waals surface area contributed by atoms with Gasteiger partial charge in [0.15, 0.2) is 0 Å². The molecule has 0 aliphatic heterocycles. The van der Waals surface area contributed by atoms with Gasteiger partial charge in [-0.2, -0.15) is 5.26 Å². The van der Waals surface area contributed by atoms with Crippen LogP contribution in [0.4, 0.5) is 0 Å². The van der Waals surface area contributed by atoms with Crippen molar-refractivity contribution in [1.29, 1.82) is 5.26 Å². The zero-order valence-electron chi connectivity index (χ0n) is 10.4. The molecule has 1 saturated carbocycles. The van der Waals surface area contributed by atoms with Crippen molar-refractivity contribution in [2.24, 2.45) is 17.3 Å². The van der Waals surface area contributed by atoms with Gasteiger partial charge in [-0.3, -0.25) is 0 Å². The van der Waals surface area contributed by atoms with Crippen LogP contribution in [0.3, 0.4) is 0 Å². The molecule has 0 bridgehead atoms. The highest BCUT2D eigenvalue weighted by atomic mass is 16.3. The Morgan fingerprint density at radius 3 is 2.47 bits per heavy atom. The molecule has 86 valence electrons. The highest BCUT2D eigenvalue weighted by molar-refractivity contribution is 5.10. The van der Waals surface area contributed by atoms with E-state index >= 15 is 0 Å². The Morgan fingerprint density at radius 1 is 1.47 bits per heavy atom. The second kappa shape index (κ2) is 4.14. The van der Waals surface area contributed by atoms with E-state index in [2.05, 4.69) is 19.9 Å². The largest absolute Gasteiger partial charge is 0.388 e. The molecule has 4 atom stereocenters. The van der Waals surface area contributed by atoms with Crippen LogP contribution in [0, 0.1) is 28.6 Å². The van der Waals surface area contributed by atoms with Gasteiger partial charge < -0.3 is 5.11 Å². The van der Waals surface area contributed by atoms with Gasteiger partial charge in [0.1, 0.15) is 0 Å². The third-order valence-electron chi connectivity index (χ3n) is 4.63. The average Bonchev–Trinajstić information content (AvgIpc) is 2.22. The average molecular weight is 209 g/mol. The SMILES string of the molecule is CCC(C)(C#N)C1(O)CCC(C)C(C)C1. The van der Waals surface area contributed by atoms with Gasteiger partial charge >= 0.3 is 0 Å². The van der Waals surface area contributed by atoms with Crippen molar-refractivity contribution in [3.05, 3.63) is 0 Å². The molecule has 0 aromatic heterocycles. The van der Waals surface area contributed by atoms with Gasteiger partial charge in [-0.15, -0.1) is 0 Å². The number of rotatable bonds is 2. The van der Waals surface area contributed by atoms with Crippen molar-refractivity contribution in [3.63, 3.8) is 0 Å². The Morgan fingerprint density at radius 2 is 2.07 bits per heavy atom. The highest BCUT2D eigenvalue weighted by Gasteiger charge is 2.49. The van der Waals surface area contributed by atoms with Crippen LogP contribution >= 0.6 is 0 Å². The van der Waals surface area contributed by atoms with Crippen LogP contribution in [0.1, 0.15) is 53.4 Å². The summed E-state index contributed by atoms with van der Waals surface area (Å²) in [6.45, 7) is 8.31. The van der Waals surface area contributed by atoms with Crippen LogP contribution < -0.4 is 0 Å². The van der Waals surface area contributed by atoms with E-state index in [1.165, 1.54) is 0 Å². The molecule has 4 unspecified atom stereocenters. The summed E-state index contributed by atoms with van der Waals surface area (Å²) >= 11 is 0. The van der Waals surface area contributed by atoms with Crippen molar-refractivity contribution in [2.45, 2.75) is 59.0 Å². The summed E-state index contributed by atoms with van der Waals surface area (Å²) in [5.41, 5.74) is -1.36. The fraction of sp³-hybridized carbons (Fsp3) is 0.923. The molecular weight excluding hydrogens is 186 g/mol. The fourth-order valence-electron chi connectivity index (χ4n) is 2.60. The summed E-state index contributed by atoms with van der Waals surface area (Å²) in [6.07, 6.45) is 3.30. The van der Waals surface area contributed by atoms with E-state index in [1.807, 2.05) is 13.8 Å². The minimum atomic E-state index is -0.775. The third-order valence-corrected chi connectivity index (χ3v) is 4.63. The summed E-state index contributed by atoms with van der Waals surface area (Å²) in [6, 6.07) is 2.32. The van der Waals surface area contributed by atoms with E-state index in [0.717, 1.165) is 25.7 Å². The fourth-order valence-corrected chi connectivity index (χ4v) is 2.60. The lowest BCUT2D eigenvalue weighted by atomic mass is 9.61. The first-order chi connectivity index (χ1) is 6.88. The zero-order valence-corrected chi connectivity index (χ0v) is 10.4. The first kappa shape index (κ1) is 12.5. The lowest BCUT2D eigenvalue weighted by Gasteiger charge is -2.46. The van der Waals surface area contributed by atoms with Crippen LogP contribution in [-0.4, -0.2) is 10.7 Å². The Balaban J connectivity index is 2.89. The van der Waals surface area contributed by atoms with E-state index < -0.39 is 11.0 Å². The van der Waals surface area contributed by atoms with Gasteiger partial charge in [0.2, 0.25) is 0 Å². The molecule has 1 aliphatic carbocycles. The molecule has 0 aromatic rings. The first-order valence-electron chi connectivity index (χ1n) is 6.02. The molecule has 0 spiro atoms. The summed E-state index contributed by atoms with van der Waals surface area (Å²) in [5, 5.41) is 19.9. The molecule has 2 heteroatoms. The Hall–Kier alpha value is -0.550. The van der Waals surface area contributed by atoms with Gasteiger partial charge in [0.25, 0.3) is 0 Å². The molecule has 15 heavy (non-hydrogen) atoms. The van der Waals surface area contributed by atoms with Gasteiger partial charge in [0.05, 0.1) is 17.1 Å². The summed E-state index contributed by atoms with van der Waals surface area (Å²) < 4.78 is 0. The predicted octanol–water partition coefficient (Wildman–Crippen LogP) is 3.11. The number of nitrogens with zero attached hydrogens (tertiary/aromatic N) is 1. The lowest BCUT2D eigenvalue weighted by Crippen LogP contribution is -2.49. The highest BCUT2D eigenvalue weighted by Crippen LogP contribution is 2.47. The van der Waals surface area contributed by atoms with Crippen LogP contribution in [-0.2, 0) is 0 Å². The second-order valence-corrected chi connectivity index (χ2v) is 5.53. The van der Waals surface area contributed by atoms with Crippen molar-refractivity contribution in [3.8, 4) is 6.07 Å². The zero-order chi connectivity index (χ0) is 11.7. The third kappa shape index (κ3) is 2.03. The quantitative estimate of drug-likeness (QED) is 0.759. The van der Waals surface area contributed by atoms with Crippen molar-refractivity contribution in [2.75, 3.05) is 0 Å². The van der Waals surface area contributed by atoms with Crippen LogP contribution in [0.15, 0.2) is 0 Å². The molecule has 0 amide bonds. The van der Waals surface area contributed by atoms with Gasteiger partial charge in [-0.25, -0.2) is 0 Å². The minimum absolute atomic E-state index is 0.517. The number of hydrogen-bond donors (Lipinski definition) is 1. The summed E-state index contributed by atoms with van der Waals surface area (Å²) in [4.78, 5) is 0. The molecule has 0 radical (unpaired) electrons. The Labute approximate surface area is 93.3 Å². The molecule has 0 saturated heterocycles. The molecule has 2 nitrogen and oxygen atoms in total. The molecular formula is C13H23NO. The maximum atomic E-state index is 10.7. The lowest BCUT2D eigenvalue weighted by molar-refractivity contribution is -0.0991. The van der Waals surface area contributed by atoms with Crippen LogP contribution in [0.2, 0.25) is 0 Å². The second-order valence-electron chi connectivity index (χ2n) is 5.53. The van der Waals surface area contributed by atoms with Crippen LogP contribution in [0.5, 0.6) is 0 Å². The maximum absolute atomic E-state index is 10.7. The topological polar surface area (TPSA) is 44.0 Å². The van der Waals surface area contributed by atoms with E-state index in [0.29, 0.717) is 11.8 Å². The Kier molecular flexibility index (Phi) is 3.45. The van der Waals surface area contributed by atoms with Crippen molar-refractivity contribution >= 4 is 0 Å². The van der Waals surface area contributed by atoms with Gasteiger partial charge in [-0.1, -0.05) is 20.8 Å². The minimum Gasteiger partial charge on any atom is -0.388 e. The van der Waals surface area contributed by atoms with E-state index in [-0.39, 0.29) is 0 Å². The molecule has 0 aromatic carbocycles. The standard InChI is InChI=1S/C13H23NO/c1-5-12(4,9-14)13(15)7-6-10(2)11(3)8-13/h10-11,15H,5-8H2,1-4H3. The predicted molar refractivity (Wildman–Crippen MR) is 61.1 cm³/mol. The van der Waals surface area contributed by atoms with E-state index in [9.17, 15) is 10.4 Å². The molecule has 0 heterocycles. The molecule has 1 rings (SSSR count). The van der Waals surface area contributed by atoms with Gasteiger partial charge in [0, 0.05) is 0 Å². The normalized spacial score (nSPS) is 40.5. The Bertz CT molecular complexity index is 270. The van der Waals surface area contributed by atoms with Crippen molar-refractivity contribution < 1.29 is 5.11 Å². The smallest absolute Gasteiger partial charge is 0.0833 e. The number of aliphatic hydroxyl groups is 1. The monoisotopic (exact) mass is 209 g/mol. The maximum Gasteiger partial charge on any atom is 0.0833 e.